The van der Waals surface area contributed by atoms with Crippen LogP contribution < -0.4 is 10.6 Å². The lowest BCUT2D eigenvalue weighted by Gasteiger charge is -2.09. The third-order valence-corrected chi connectivity index (χ3v) is 2.58. The highest BCUT2D eigenvalue weighted by Gasteiger charge is 2.06. The number of anilines is 2. The average molecular weight is 278 g/mol. The average Bonchev–Trinajstić information content (AvgIpc) is 2.37. The van der Waals surface area contributed by atoms with Gasteiger partial charge in [0.15, 0.2) is 0 Å². The molecular weight excluding hydrogens is 256 g/mol. The number of nitrogens with one attached hydrogen (secondary N) is 2. The van der Waals surface area contributed by atoms with E-state index in [9.17, 15) is 9.59 Å². The van der Waals surface area contributed by atoms with E-state index in [2.05, 4.69) is 10.6 Å². The summed E-state index contributed by atoms with van der Waals surface area (Å²) in [7, 11) is 1.56. The number of hydrogen-bond acceptors (Lipinski definition) is 3. The maximum Gasteiger partial charge on any atom is 0.226 e. The molecule has 2 N–H and O–H groups in total. The van der Waals surface area contributed by atoms with E-state index in [1.807, 2.05) is 13.8 Å². The van der Waals surface area contributed by atoms with Crippen LogP contribution in [0.25, 0.3) is 0 Å². The first-order chi connectivity index (χ1) is 9.51. The number of hydrogen-bond donors (Lipinski definition) is 2. The van der Waals surface area contributed by atoms with Crippen LogP contribution >= 0.6 is 0 Å². The molecule has 0 atom stereocenters. The van der Waals surface area contributed by atoms with Crippen molar-refractivity contribution in [2.75, 3.05) is 24.4 Å². The Bertz CT molecular complexity index is 441. The SMILES string of the molecule is COCCC(=O)Nc1ccc(NC(=O)CC(C)C)cc1. The van der Waals surface area contributed by atoms with Crippen LogP contribution in [-0.2, 0) is 14.3 Å². The number of rotatable bonds is 7. The van der Waals surface area contributed by atoms with Gasteiger partial charge in [0.1, 0.15) is 0 Å². The maximum absolute atomic E-state index is 11.6. The van der Waals surface area contributed by atoms with Crippen LogP contribution in [0.15, 0.2) is 24.3 Å². The van der Waals surface area contributed by atoms with Gasteiger partial charge in [-0.1, -0.05) is 13.8 Å². The van der Waals surface area contributed by atoms with E-state index < -0.39 is 0 Å². The van der Waals surface area contributed by atoms with E-state index >= 15 is 0 Å². The minimum absolute atomic E-state index is 0.00289. The lowest BCUT2D eigenvalue weighted by molar-refractivity contribution is -0.117. The molecule has 1 rings (SSSR count). The molecule has 20 heavy (non-hydrogen) atoms. The molecule has 0 aliphatic heterocycles. The van der Waals surface area contributed by atoms with Gasteiger partial charge in [-0.2, -0.15) is 0 Å². The van der Waals surface area contributed by atoms with E-state index in [4.69, 9.17) is 4.74 Å². The number of amides is 2. The van der Waals surface area contributed by atoms with Gasteiger partial charge in [-0.05, 0) is 30.2 Å². The molecule has 110 valence electrons. The Morgan fingerprint density at radius 2 is 1.55 bits per heavy atom. The first-order valence-corrected chi connectivity index (χ1v) is 6.70. The van der Waals surface area contributed by atoms with Gasteiger partial charge in [0.25, 0.3) is 0 Å². The number of benzene rings is 1. The lowest BCUT2D eigenvalue weighted by Crippen LogP contribution is -2.15. The zero-order valence-corrected chi connectivity index (χ0v) is 12.2. The molecule has 0 bridgehead atoms. The number of carbonyl (C=O) groups excluding carboxylic acids is 2. The monoisotopic (exact) mass is 278 g/mol. The zero-order chi connectivity index (χ0) is 15.0. The second-order valence-corrected chi connectivity index (χ2v) is 5.01. The van der Waals surface area contributed by atoms with E-state index in [1.165, 1.54) is 0 Å². The highest BCUT2D eigenvalue weighted by molar-refractivity contribution is 5.93. The summed E-state index contributed by atoms with van der Waals surface area (Å²) in [6.07, 6.45) is 0.818. The molecule has 0 aliphatic rings. The topological polar surface area (TPSA) is 67.4 Å². The summed E-state index contributed by atoms with van der Waals surface area (Å²) in [5, 5.41) is 5.57. The summed E-state index contributed by atoms with van der Waals surface area (Å²) in [6, 6.07) is 7.06. The summed E-state index contributed by atoms with van der Waals surface area (Å²) in [5.41, 5.74) is 1.43. The lowest BCUT2D eigenvalue weighted by atomic mass is 10.1. The third-order valence-electron chi connectivity index (χ3n) is 2.58. The van der Waals surface area contributed by atoms with Gasteiger partial charge in [0.2, 0.25) is 11.8 Å². The standard InChI is InChI=1S/C15H22N2O3/c1-11(2)10-15(19)17-13-6-4-12(5-7-13)16-14(18)8-9-20-3/h4-7,11H,8-10H2,1-3H3,(H,16,18)(H,17,19). The molecule has 0 radical (unpaired) electrons. The molecule has 1 aromatic rings. The molecule has 0 aromatic heterocycles. The van der Waals surface area contributed by atoms with E-state index in [-0.39, 0.29) is 11.8 Å². The first kappa shape index (κ1) is 16.2. The van der Waals surface area contributed by atoms with Gasteiger partial charge < -0.3 is 15.4 Å². The van der Waals surface area contributed by atoms with Crippen LogP contribution in [0.3, 0.4) is 0 Å². The van der Waals surface area contributed by atoms with Crippen LogP contribution in [0.2, 0.25) is 0 Å². The molecule has 0 spiro atoms. The van der Waals surface area contributed by atoms with Crippen molar-refractivity contribution in [2.45, 2.75) is 26.7 Å². The molecule has 0 heterocycles. The Morgan fingerprint density at radius 3 is 2.00 bits per heavy atom. The van der Waals surface area contributed by atoms with Crippen molar-refractivity contribution >= 4 is 23.2 Å². The Kier molecular flexibility index (Phi) is 6.73. The predicted octanol–water partition coefficient (Wildman–Crippen LogP) is 2.65. The molecular formula is C15H22N2O3. The first-order valence-electron chi connectivity index (χ1n) is 6.70. The zero-order valence-electron chi connectivity index (χ0n) is 12.2. The number of methoxy groups -OCH3 is 1. The van der Waals surface area contributed by atoms with Gasteiger partial charge in [-0.15, -0.1) is 0 Å². The minimum atomic E-state index is -0.0940. The minimum Gasteiger partial charge on any atom is -0.384 e. The third kappa shape index (κ3) is 6.33. The summed E-state index contributed by atoms with van der Waals surface area (Å²) in [4.78, 5) is 23.1. The molecule has 0 unspecified atom stereocenters. The molecule has 0 saturated carbocycles. The fourth-order valence-corrected chi connectivity index (χ4v) is 1.64. The van der Waals surface area contributed by atoms with Crippen LogP contribution in [0.4, 0.5) is 11.4 Å². The highest BCUT2D eigenvalue weighted by Crippen LogP contribution is 2.14. The van der Waals surface area contributed by atoms with Crippen molar-refractivity contribution in [3.05, 3.63) is 24.3 Å². The summed E-state index contributed by atoms with van der Waals surface area (Å²) >= 11 is 0. The van der Waals surface area contributed by atoms with E-state index in [0.717, 1.165) is 5.69 Å². The maximum atomic E-state index is 11.6. The molecule has 0 saturated heterocycles. The summed E-state index contributed by atoms with van der Waals surface area (Å²) in [5.74, 6) is 0.231. The molecule has 5 heteroatoms. The Hall–Kier alpha value is -1.88. The Labute approximate surface area is 119 Å². The predicted molar refractivity (Wildman–Crippen MR) is 79.6 cm³/mol. The van der Waals surface area contributed by atoms with Gasteiger partial charge >= 0.3 is 0 Å². The summed E-state index contributed by atoms with van der Waals surface area (Å²) < 4.78 is 4.84. The summed E-state index contributed by atoms with van der Waals surface area (Å²) in [6.45, 7) is 4.39. The second-order valence-electron chi connectivity index (χ2n) is 5.01. The van der Waals surface area contributed by atoms with Crippen molar-refractivity contribution in [2.24, 2.45) is 5.92 Å². The van der Waals surface area contributed by atoms with Crippen LogP contribution in [0, 0.1) is 5.92 Å². The highest BCUT2D eigenvalue weighted by atomic mass is 16.5. The van der Waals surface area contributed by atoms with Crippen molar-refractivity contribution in [1.82, 2.24) is 0 Å². The number of carbonyl (C=O) groups is 2. The van der Waals surface area contributed by atoms with Crippen molar-refractivity contribution < 1.29 is 14.3 Å². The van der Waals surface area contributed by atoms with Crippen molar-refractivity contribution in [3.8, 4) is 0 Å². The van der Waals surface area contributed by atoms with Crippen LogP contribution in [0.5, 0.6) is 0 Å². The normalized spacial score (nSPS) is 10.4. The van der Waals surface area contributed by atoms with E-state index in [0.29, 0.717) is 31.1 Å². The van der Waals surface area contributed by atoms with Crippen molar-refractivity contribution in [3.63, 3.8) is 0 Å². The fraction of sp³-hybridized carbons (Fsp3) is 0.467. The van der Waals surface area contributed by atoms with Crippen molar-refractivity contribution in [1.29, 1.82) is 0 Å². The smallest absolute Gasteiger partial charge is 0.226 e. The van der Waals surface area contributed by atoms with Crippen LogP contribution in [-0.4, -0.2) is 25.5 Å². The van der Waals surface area contributed by atoms with Gasteiger partial charge in [0.05, 0.1) is 13.0 Å². The largest absolute Gasteiger partial charge is 0.384 e. The van der Waals surface area contributed by atoms with E-state index in [1.54, 1.807) is 31.4 Å². The van der Waals surface area contributed by atoms with Gasteiger partial charge in [-0.25, -0.2) is 0 Å². The fourth-order valence-electron chi connectivity index (χ4n) is 1.64. The molecule has 1 aromatic carbocycles. The van der Waals surface area contributed by atoms with Gasteiger partial charge in [-0.3, -0.25) is 9.59 Å². The Morgan fingerprint density at radius 1 is 1.05 bits per heavy atom. The second kappa shape index (κ2) is 8.32. The molecule has 5 nitrogen and oxygen atoms in total. The van der Waals surface area contributed by atoms with Crippen LogP contribution in [0.1, 0.15) is 26.7 Å². The molecule has 0 fully saturated rings. The Balaban J connectivity index is 2.47. The quantitative estimate of drug-likeness (QED) is 0.805. The molecule has 0 aliphatic carbocycles. The molecule has 2 amide bonds. The number of ether oxygens (including phenoxy) is 1. The van der Waals surface area contributed by atoms with Gasteiger partial charge in [0, 0.05) is 24.9 Å².